The minimum Gasteiger partial charge on any atom is -0.491 e. The Bertz CT molecular complexity index is 1390. The first-order chi connectivity index (χ1) is 17.1. The average Bonchev–Trinajstić information content (AvgIpc) is 3.33. The molecule has 4 rings (SSSR count). The number of thioether (sulfide) groups is 1. The van der Waals surface area contributed by atoms with Crippen molar-refractivity contribution < 1.29 is 9.84 Å². The third-order valence-corrected chi connectivity index (χ3v) is 6.67. The monoisotopic (exact) mass is 500 g/mol. The molecule has 0 saturated carbocycles. The fraction of sp³-hybridized carbons (Fsp3) is 0.120. The van der Waals surface area contributed by atoms with Gasteiger partial charge in [0.05, 0.1) is 17.9 Å². The first-order valence-corrected chi connectivity index (χ1v) is 12.4. The molecular weight excluding hydrogens is 480 g/mol. The van der Waals surface area contributed by atoms with Gasteiger partial charge in [0.25, 0.3) is 0 Å². The number of thiazole rings is 1. The highest BCUT2D eigenvalue weighted by atomic mass is 32.2. The van der Waals surface area contributed by atoms with Crippen molar-refractivity contribution in [1.29, 1.82) is 10.5 Å². The fourth-order valence-electron chi connectivity index (χ4n) is 3.29. The number of hydrogen-bond donors (Lipinski definition) is 3. The van der Waals surface area contributed by atoms with E-state index in [2.05, 4.69) is 27.4 Å². The van der Waals surface area contributed by atoms with Gasteiger partial charge in [-0.05, 0) is 29.8 Å². The summed E-state index contributed by atoms with van der Waals surface area (Å²) in [6, 6.07) is 21.0. The second-order valence-corrected chi connectivity index (χ2v) is 8.99. The SMILES string of the molecule is N#Cc1c(N)nc(SCc2csc(Nc3ccccc3)n2)c(C#N)c1-c1ccc(OCCO)cc1. The molecule has 0 amide bonds. The summed E-state index contributed by atoms with van der Waals surface area (Å²) >= 11 is 2.83. The smallest absolute Gasteiger partial charge is 0.187 e. The third-order valence-electron chi connectivity index (χ3n) is 4.85. The van der Waals surface area contributed by atoms with E-state index in [1.54, 1.807) is 24.3 Å². The lowest BCUT2D eigenvalue weighted by molar-refractivity contribution is 0.201. The molecule has 0 saturated heterocycles. The summed E-state index contributed by atoms with van der Waals surface area (Å²) in [5.41, 5.74) is 9.41. The molecule has 0 bridgehead atoms. The number of rotatable bonds is 9. The number of benzene rings is 2. The van der Waals surface area contributed by atoms with E-state index in [1.165, 1.54) is 23.1 Å². The van der Waals surface area contributed by atoms with Crippen LogP contribution in [-0.2, 0) is 5.75 Å². The first-order valence-electron chi connectivity index (χ1n) is 10.5. The number of nitrogens with zero attached hydrogens (tertiary/aromatic N) is 4. The number of anilines is 3. The molecule has 10 heteroatoms. The van der Waals surface area contributed by atoms with Crippen molar-refractivity contribution in [2.24, 2.45) is 0 Å². The van der Waals surface area contributed by atoms with E-state index in [0.717, 1.165) is 16.5 Å². The minimum absolute atomic E-state index is 0.0642. The molecule has 0 fully saturated rings. The van der Waals surface area contributed by atoms with Gasteiger partial charge in [0.1, 0.15) is 40.9 Å². The Labute approximate surface area is 210 Å². The molecule has 2 heterocycles. The van der Waals surface area contributed by atoms with Crippen LogP contribution >= 0.6 is 23.1 Å². The highest BCUT2D eigenvalue weighted by Gasteiger charge is 2.21. The van der Waals surface area contributed by atoms with Crippen LogP contribution in [0.3, 0.4) is 0 Å². The van der Waals surface area contributed by atoms with E-state index in [0.29, 0.717) is 27.7 Å². The largest absolute Gasteiger partial charge is 0.491 e. The molecule has 8 nitrogen and oxygen atoms in total. The molecule has 0 spiro atoms. The summed E-state index contributed by atoms with van der Waals surface area (Å²) in [5.74, 6) is 1.11. The maximum absolute atomic E-state index is 9.98. The molecule has 4 aromatic rings. The Morgan fingerprint density at radius 1 is 1.03 bits per heavy atom. The minimum atomic E-state index is -0.0941. The lowest BCUT2D eigenvalue weighted by Crippen LogP contribution is -2.04. The van der Waals surface area contributed by atoms with Gasteiger partial charge in [-0.15, -0.1) is 11.3 Å². The zero-order valence-electron chi connectivity index (χ0n) is 18.4. The highest BCUT2D eigenvalue weighted by Crippen LogP contribution is 2.37. The number of aliphatic hydroxyl groups excluding tert-OH is 1. The van der Waals surface area contributed by atoms with E-state index in [4.69, 9.17) is 15.6 Å². The molecule has 0 atom stereocenters. The summed E-state index contributed by atoms with van der Waals surface area (Å²) in [7, 11) is 0. The number of pyridine rings is 1. The number of nitriles is 2. The number of para-hydroxylation sites is 1. The van der Waals surface area contributed by atoms with Crippen molar-refractivity contribution in [3.8, 4) is 29.0 Å². The molecule has 2 aromatic heterocycles. The quantitative estimate of drug-likeness (QED) is 0.272. The molecule has 2 aromatic carbocycles. The lowest BCUT2D eigenvalue weighted by atomic mass is 9.97. The summed E-state index contributed by atoms with van der Waals surface area (Å²) < 4.78 is 5.40. The van der Waals surface area contributed by atoms with Crippen LogP contribution in [0.15, 0.2) is 65.0 Å². The van der Waals surface area contributed by atoms with Gasteiger partial charge in [0, 0.05) is 22.4 Å². The Morgan fingerprint density at radius 2 is 1.77 bits per heavy atom. The molecule has 0 aliphatic heterocycles. The number of aromatic nitrogens is 2. The molecule has 0 aliphatic carbocycles. The van der Waals surface area contributed by atoms with Crippen molar-refractivity contribution in [3.05, 3.63) is 76.8 Å². The maximum Gasteiger partial charge on any atom is 0.187 e. The summed E-state index contributed by atoms with van der Waals surface area (Å²) in [5, 5.41) is 35.0. The predicted molar refractivity (Wildman–Crippen MR) is 137 cm³/mol. The molecule has 4 N–H and O–H groups in total. The van der Waals surface area contributed by atoms with Crippen LogP contribution in [0, 0.1) is 22.7 Å². The van der Waals surface area contributed by atoms with Gasteiger partial charge in [0.15, 0.2) is 5.13 Å². The summed E-state index contributed by atoms with van der Waals surface area (Å²) in [6.45, 7) is 0.0810. The van der Waals surface area contributed by atoms with Crippen LogP contribution in [0.2, 0.25) is 0 Å². The number of aliphatic hydroxyl groups is 1. The van der Waals surface area contributed by atoms with Crippen LogP contribution in [0.25, 0.3) is 11.1 Å². The standard InChI is InChI=1S/C25H20N6O2S2/c26-12-20-22(16-6-8-19(9-7-16)33-11-10-32)21(13-27)24(31-23(20)28)34-14-18-15-35-25(30-18)29-17-4-2-1-3-5-17/h1-9,15,32H,10-11,14H2,(H2,28,31)(H,29,30). The Balaban J connectivity index is 1.59. The van der Waals surface area contributed by atoms with E-state index in [9.17, 15) is 10.5 Å². The number of nitrogens with two attached hydrogens (primary N) is 1. The molecule has 174 valence electrons. The van der Waals surface area contributed by atoms with Crippen molar-refractivity contribution >= 4 is 39.7 Å². The Hall–Kier alpha value is -4.09. The van der Waals surface area contributed by atoms with Crippen molar-refractivity contribution in [2.45, 2.75) is 10.8 Å². The van der Waals surface area contributed by atoms with E-state index >= 15 is 0 Å². The molecule has 0 radical (unpaired) electrons. The predicted octanol–water partition coefficient (Wildman–Crippen LogP) is 4.94. The second-order valence-electron chi connectivity index (χ2n) is 7.17. The third kappa shape index (κ3) is 5.70. The van der Waals surface area contributed by atoms with E-state index in [1.807, 2.05) is 35.7 Å². The molecule has 0 unspecified atom stereocenters. The van der Waals surface area contributed by atoms with Crippen molar-refractivity contribution in [3.63, 3.8) is 0 Å². The highest BCUT2D eigenvalue weighted by molar-refractivity contribution is 7.98. The Morgan fingerprint density at radius 3 is 2.46 bits per heavy atom. The van der Waals surface area contributed by atoms with Gasteiger partial charge in [-0.25, -0.2) is 9.97 Å². The van der Waals surface area contributed by atoms with Crippen molar-refractivity contribution in [2.75, 3.05) is 24.3 Å². The van der Waals surface area contributed by atoms with Gasteiger partial charge >= 0.3 is 0 Å². The number of nitrogen functional groups attached to an aromatic ring is 1. The second kappa shape index (κ2) is 11.4. The van der Waals surface area contributed by atoms with Gasteiger partial charge in [-0.2, -0.15) is 10.5 Å². The first kappa shape index (κ1) is 24.0. The van der Waals surface area contributed by atoms with E-state index < -0.39 is 0 Å². The van der Waals surface area contributed by atoms with Crippen LogP contribution in [0.1, 0.15) is 16.8 Å². The number of hydrogen-bond acceptors (Lipinski definition) is 10. The maximum atomic E-state index is 9.98. The normalized spacial score (nSPS) is 10.4. The van der Waals surface area contributed by atoms with Gasteiger partial charge in [0.2, 0.25) is 0 Å². The van der Waals surface area contributed by atoms with Gasteiger partial charge < -0.3 is 20.9 Å². The number of nitrogens with one attached hydrogen (secondary N) is 1. The van der Waals surface area contributed by atoms with Crippen molar-refractivity contribution in [1.82, 2.24) is 9.97 Å². The molecule has 35 heavy (non-hydrogen) atoms. The summed E-state index contributed by atoms with van der Waals surface area (Å²) in [4.78, 5) is 8.96. The molecule has 0 aliphatic rings. The van der Waals surface area contributed by atoms with Crippen LogP contribution in [-0.4, -0.2) is 28.3 Å². The fourth-order valence-corrected chi connectivity index (χ4v) is 5.01. The Kier molecular flexibility index (Phi) is 7.81. The van der Waals surface area contributed by atoms with Gasteiger partial charge in [-0.3, -0.25) is 0 Å². The summed E-state index contributed by atoms with van der Waals surface area (Å²) in [6.07, 6.45) is 0. The van der Waals surface area contributed by atoms with Crippen LogP contribution < -0.4 is 15.8 Å². The lowest BCUT2D eigenvalue weighted by Gasteiger charge is -2.13. The zero-order valence-corrected chi connectivity index (χ0v) is 20.1. The van der Waals surface area contributed by atoms with E-state index in [-0.39, 0.29) is 30.2 Å². The molecular formula is C25H20N6O2S2. The van der Waals surface area contributed by atoms with Gasteiger partial charge in [-0.1, -0.05) is 42.1 Å². The van der Waals surface area contributed by atoms with Crippen LogP contribution in [0.4, 0.5) is 16.6 Å². The average molecular weight is 501 g/mol. The topological polar surface area (TPSA) is 141 Å². The van der Waals surface area contributed by atoms with Crippen LogP contribution in [0.5, 0.6) is 5.75 Å². The number of ether oxygens (including phenoxy) is 1. The zero-order chi connectivity index (χ0) is 24.6.